The highest BCUT2D eigenvalue weighted by atomic mass is 15.3. The molecule has 1 saturated heterocycles. The van der Waals surface area contributed by atoms with Gasteiger partial charge in [0.25, 0.3) is 0 Å². The Morgan fingerprint density at radius 3 is 2.55 bits per heavy atom. The lowest BCUT2D eigenvalue weighted by Crippen LogP contribution is -2.49. The zero-order valence-electron chi connectivity index (χ0n) is 11.9. The van der Waals surface area contributed by atoms with E-state index in [9.17, 15) is 0 Å². The standard InChI is InChI=1S/C16H20N4/c1-2-16(12-18)20-8-6-19(7-9-20)13-15-5-3-4-14(10-15)11-17/h3-5,10,16H,2,6-9,13H2,1H3. The monoisotopic (exact) mass is 268 g/mol. The Labute approximate surface area is 120 Å². The third-order valence-electron chi connectivity index (χ3n) is 3.85. The predicted octanol–water partition coefficient (Wildman–Crippen LogP) is 1.98. The van der Waals surface area contributed by atoms with E-state index < -0.39 is 0 Å². The molecule has 0 N–H and O–H groups in total. The Morgan fingerprint density at radius 1 is 1.20 bits per heavy atom. The molecule has 2 rings (SSSR count). The molecular formula is C16H20N4. The van der Waals surface area contributed by atoms with Crippen LogP contribution in [-0.2, 0) is 6.54 Å². The van der Waals surface area contributed by atoms with E-state index in [1.807, 2.05) is 18.2 Å². The Hall–Kier alpha value is -1.88. The van der Waals surface area contributed by atoms with Gasteiger partial charge in [0.15, 0.2) is 0 Å². The molecule has 0 amide bonds. The average Bonchev–Trinajstić information content (AvgIpc) is 2.50. The van der Waals surface area contributed by atoms with Gasteiger partial charge in [0.2, 0.25) is 0 Å². The largest absolute Gasteiger partial charge is 0.297 e. The van der Waals surface area contributed by atoms with Crippen LogP contribution in [0.15, 0.2) is 24.3 Å². The number of nitriles is 2. The van der Waals surface area contributed by atoms with Gasteiger partial charge >= 0.3 is 0 Å². The molecule has 0 aliphatic carbocycles. The van der Waals surface area contributed by atoms with E-state index >= 15 is 0 Å². The molecule has 1 aliphatic heterocycles. The normalized spacial score (nSPS) is 18.1. The molecule has 0 radical (unpaired) electrons. The summed E-state index contributed by atoms with van der Waals surface area (Å²) in [6, 6.07) is 12.4. The van der Waals surface area contributed by atoms with Crippen molar-refractivity contribution in [3.8, 4) is 12.1 Å². The summed E-state index contributed by atoms with van der Waals surface area (Å²) in [6.07, 6.45) is 0.890. The summed E-state index contributed by atoms with van der Waals surface area (Å²) in [4.78, 5) is 4.65. The summed E-state index contributed by atoms with van der Waals surface area (Å²) >= 11 is 0. The van der Waals surface area contributed by atoms with Gasteiger partial charge in [-0.1, -0.05) is 19.1 Å². The maximum atomic E-state index is 9.10. The first-order valence-corrected chi connectivity index (χ1v) is 7.12. The van der Waals surface area contributed by atoms with Gasteiger partial charge in [-0.2, -0.15) is 10.5 Å². The Morgan fingerprint density at radius 2 is 1.95 bits per heavy atom. The zero-order chi connectivity index (χ0) is 14.4. The summed E-state index contributed by atoms with van der Waals surface area (Å²) in [7, 11) is 0. The van der Waals surface area contributed by atoms with E-state index in [2.05, 4.69) is 34.9 Å². The number of nitrogens with zero attached hydrogens (tertiary/aromatic N) is 4. The van der Waals surface area contributed by atoms with Gasteiger partial charge < -0.3 is 0 Å². The van der Waals surface area contributed by atoms with Crippen molar-refractivity contribution in [2.24, 2.45) is 0 Å². The molecule has 4 nitrogen and oxygen atoms in total. The van der Waals surface area contributed by atoms with Crippen LogP contribution in [0.4, 0.5) is 0 Å². The van der Waals surface area contributed by atoms with Gasteiger partial charge in [-0.15, -0.1) is 0 Å². The SMILES string of the molecule is CCC(C#N)N1CCN(Cc2cccc(C#N)c2)CC1. The van der Waals surface area contributed by atoms with Crippen LogP contribution >= 0.6 is 0 Å². The predicted molar refractivity (Wildman–Crippen MR) is 77.7 cm³/mol. The van der Waals surface area contributed by atoms with E-state index in [0.29, 0.717) is 0 Å². The molecule has 0 saturated carbocycles. The first-order valence-electron chi connectivity index (χ1n) is 7.12. The second-order valence-corrected chi connectivity index (χ2v) is 5.18. The van der Waals surface area contributed by atoms with E-state index in [-0.39, 0.29) is 6.04 Å². The average molecular weight is 268 g/mol. The van der Waals surface area contributed by atoms with Gasteiger partial charge in [0.05, 0.1) is 23.7 Å². The van der Waals surface area contributed by atoms with Gasteiger partial charge in [0, 0.05) is 32.7 Å². The number of hydrogen-bond acceptors (Lipinski definition) is 4. The van der Waals surface area contributed by atoms with Crippen LogP contribution in [0, 0.1) is 22.7 Å². The Bertz CT molecular complexity index is 518. The summed E-state index contributed by atoms with van der Waals surface area (Å²) in [5.41, 5.74) is 1.90. The lowest BCUT2D eigenvalue weighted by molar-refractivity contribution is 0.108. The minimum absolute atomic E-state index is 0.0547. The van der Waals surface area contributed by atoms with Crippen LogP contribution < -0.4 is 0 Å². The van der Waals surface area contributed by atoms with Crippen molar-refractivity contribution in [2.75, 3.05) is 26.2 Å². The third-order valence-corrected chi connectivity index (χ3v) is 3.85. The van der Waals surface area contributed by atoms with Crippen LogP contribution in [0.2, 0.25) is 0 Å². The van der Waals surface area contributed by atoms with Crippen molar-refractivity contribution in [3.05, 3.63) is 35.4 Å². The van der Waals surface area contributed by atoms with Gasteiger partial charge in [-0.3, -0.25) is 9.80 Å². The van der Waals surface area contributed by atoms with E-state index in [4.69, 9.17) is 10.5 Å². The van der Waals surface area contributed by atoms with Crippen LogP contribution in [0.1, 0.15) is 24.5 Å². The molecule has 0 bridgehead atoms. The molecule has 104 valence electrons. The summed E-state index contributed by atoms with van der Waals surface area (Å²) < 4.78 is 0. The minimum Gasteiger partial charge on any atom is -0.297 e. The highest BCUT2D eigenvalue weighted by molar-refractivity contribution is 5.32. The first-order chi connectivity index (χ1) is 9.76. The van der Waals surface area contributed by atoms with Crippen molar-refractivity contribution >= 4 is 0 Å². The second kappa shape index (κ2) is 7.05. The first kappa shape index (κ1) is 14.5. The quantitative estimate of drug-likeness (QED) is 0.838. The molecule has 1 unspecified atom stereocenters. The molecule has 4 heteroatoms. The zero-order valence-corrected chi connectivity index (χ0v) is 11.9. The topological polar surface area (TPSA) is 54.1 Å². The van der Waals surface area contributed by atoms with Crippen LogP contribution in [-0.4, -0.2) is 42.0 Å². The van der Waals surface area contributed by atoms with Crippen LogP contribution in [0.5, 0.6) is 0 Å². The fourth-order valence-corrected chi connectivity index (χ4v) is 2.66. The molecule has 1 aromatic carbocycles. The fraction of sp³-hybridized carbons (Fsp3) is 0.500. The number of rotatable bonds is 4. The van der Waals surface area contributed by atoms with Crippen molar-refractivity contribution in [1.29, 1.82) is 10.5 Å². The molecule has 0 spiro atoms. The lowest BCUT2D eigenvalue weighted by Gasteiger charge is -2.36. The van der Waals surface area contributed by atoms with E-state index in [1.165, 1.54) is 5.56 Å². The maximum Gasteiger partial charge on any atom is 0.0991 e. The van der Waals surface area contributed by atoms with Gasteiger partial charge in [-0.05, 0) is 24.1 Å². The minimum atomic E-state index is 0.0547. The molecule has 1 aromatic rings. The molecule has 1 aliphatic rings. The smallest absolute Gasteiger partial charge is 0.0991 e. The maximum absolute atomic E-state index is 9.10. The van der Waals surface area contributed by atoms with Gasteiger partial charge in [0.1, 0.15) is 0 Å². The molecule has 1 heterocycles. The van der Waals surface area contributed by atoms with Crippen LogP contribution in [0.3, 0.4) is 0 Å². The molecule has 1 fully saturated rings. The summed E-state index contributed by atoms with van der Waals surface area (Å²) in [5, 5.41) is 18.0. The highest BCUT2D eigenvalue weighted by Crippen LogP contribution is 2.12. The van der Waals surface area contributed by atoms with E-state index in [1.54, 1.807) is 0 Å². The van der Waals surface area contributed by atoms with Crippen molar-refractivity contribution in [2.45, 2.75) is 25.9 Å². The number of hydrogen-bond donors (Lipinski definition) is 0. The van der Waals surface area contributed by atoms with Crippen LogP contribution in [0.25, 0.3) is 0 Å². The fourth-order valence-electron chi connectivity index (χ4n) is 2.66. The van der Waals surface area contributed by atoms with Crippen molar-refractivity contribution in [3.63, 3.8) is 0 Å². The number of benzene rings is 1. The van der Waals surface area contributed by atoms with Gasteiger partial charge in [-0.25, -0.2) is 0 Å². The number of piperazine rings is 1. The van der Waals surface area contributed by atoms with E-state index in [0.717, 1.165) is 44.7 Å². The third kappa shape index (κ3) is 3.57. The Kier molecular flexibility index (Phi) is 5.12. The molecular weight excluding hydrogens is 248 g/mol. The van der Waals surface area contributed by atoms with Crippen molar-refractivity contribution in [1.82, 2.24) is 9.80 Å². The second-order valence-electron chi connectivity index (χ2n) is 5.18. The Balaban J connectivity index is 1.88. The summed E-state index contributed by atoms with van der Waals surface area (Å²) in [5.74, 6) is 0. The van der Waals surface area contributed by atoms with Crippen molar-refractivity contribution < 1.29 is 0 Å². The molecule has 0 aromatic heterocycles. The summed E-state index contributed by atoms with van der Waals surface area (Å²) in [6.45, 7) is 6.80. The molecule has 20 heavy (non-hydrogen) atoms. The lowest BCUT2D eigenvalue weighted by atomic mass is 10.1. The molecule has 1 atom stereocenters. The highest BCUT2D eigenvalue weighted by Gasteiger charge is 2.22.